The second-order valence-corrected chi connectivity index (χ2v) is 10.1. The average Bonchev–Trinajstić information content (AvgIpc) is 3.31. The molecule has 2 N–H and O–H groups in total. The number of nitrogens with one attached hydrogen (secondary N) is 1. The Bertz CT molecular complexity index is 1210. The number of hydrogen-bond acceptors (Lipinski definition) is 7. The van der Waals surface area contributed by atoms with E-state index >= 15 is 0 Å². The minimum Gasteiger partial charge on any atom is -0.494 e. The number of methoxy groups -OCH3 is 1. The van der Waals surface area contributed by atoms with Crippen molar-refractivity contribution in [3.63, 3.8) is 0 Å². The number of carbonyl (C=O) groups excluding carboxylic acids is 1. The summed E-state index contributed by atoms with van der Waals surface area (Å²) in [5.41, 5.74) is 1.62. The number of pyridine rings is 1. The monoisotopic (exact) mass is 496 g/mol. The number of benzene rings is 1. The van der Waals surface area contributed by atoms with Gasteiger partial charge in [-0.1, -0.05) is 6.07 Å². The lowest BCUT2D eigenvalue weighted by Gasteiger charge is -2.35. The van der Waals surface area contributed by atoms with Crippen molar-refractivity contribution in [2.45, 2.75) is 65.1 Å². The fraction of sp³-hybridized carbons (Fsp3) is 0.500. The number of hydrogen-bond donors (Lipinski definition) is 2. The van der Waals surface area contributed by atoms with Crippen LogP contribution in [0.3, 0.4) is 0 Å². The first-order valence-corrected chi connectivity index (χ1v) is 12.2. The van der Waals surface area contributed by atoms with Crippen molar-refractivity contribution in [1.29, 1.82) is 0 Å². The standard InChI is InChI=1S/C26H33FN6O3/c1-16-11-19(13-22(29-16)25(34)28-14-18-7-10-21(27)23(12-18)36-4)24-30-32-33(31-24)15-17-5-8-20(9-6-17)26(2,3)35/h7,10-13,17,20,35H,5-6,8-9,14-15H2,1-4H3,(H,28,34). The third-order valence-corrected chi connectivity index (χ3v) is 6.83. The lowest BCUT2D eigenvalue weighted by atomic mass is 9.75. The molecule has 0 atom stereocenters. The van der Waals surface area contributed by atoms with Crippen molar-refractivity contribution in [3.8, 4) is 17.1 Å². The molecule has 0 spiro atoms. The van der Waals surface area contributed by atoms with Crippen LogP contribution in [0.2, 0.25) is 0 Å². The van der Waals surface area contributed by atoms with Gasteiger partial charge < -0.3 is 15.2 Å². The van der Waals surface area contributed by atoms with Gasteiger partial charge in [-0.05, 0) is 93.3 Å². The molecule has 1 fully saturated rings. The Kier molecular flexibility index (Phi) is 7.63. The predicted octanol–water partition coefficient (Wildman–Crippen LogP) is 3.70. The summed E-state index contributed by atoms with van der Waals surface area (Å²) in [5, 5.41) is 26.0. The molecule has 0 aliphatic heterocycles. The number of ether oxygens (including phenoxy) is 1. The molecule has 2 aromatic heterocycles. The van der Waals surface area contributed by atoms with Gasteiger partial charge in [0.1, 0.15) is 5.69 Å². The SMILES string of the molecule is COc1cc(CNC(=O)c2cc(-c3nnn(CC4CCC(C(C)(C)O)CC4)n3)cc(C)n2)ccc1F. The van der Waals surface area contributed by atoms with Crippen molar-refractivity contribution in [2.75, 3.05) is 7.11 Å². The number of aromatic nitrogens is 5. The van der Waals surface area contributed by atoms with Crippen molar-refractivity contribution in [1.82, 2.24) is 30.5 Å². The third kappa shape index (κ3) is 6.23. The van der Waals surface area contributed by atoms with Gasteiger partial charge in [0.15, 0.2) is 11.6 Å². The summed E-state index contributed by atoms with van der Waals surface area (Å²) in [6.45, 7) is 6.44. The Morgan fingerprint density at radius 1 is 1.22 bits per heavy atom. The van der Waals surface area contributed by atoms with E-state index in [0.717, 1.165) is 25.7 Å². The van der Waals surface area contributed by atoms with Crippen molar-refractivity contribution in [3.05, 3.63) is 53.1 Å². The molecule has 1 saturated carbocycles. The summed E-state index contributed by atoms with van der Waals surface area (Å²) in [5.74, 6) is 0.498. The quantitative estimate of drug-likeness (QED) is 0.489. The Balaban J connectivity index is 1.39. The minimum atomic E-state index is -0.640. The highest BCUT2D eigenvalue weighted by Crippen LogP contribution is 2.35. The van der Waals surface area contributed by atoms with Gasteiger partial charge in [-0.15, -0.1) is 10.2 Å². The van der Waals surface area contributed by atoms with Crippen LogP contribution in [0.1, 0.15) is 61.3 Å². The Morgan fingerprint density at radius 2 is 1.97 bits per heavy atom. The molecule has 36 heavy (non-hydrogen) atoms. The molecule has 9 nitrogen and oxygen atoms in total. The highest BCUT2D eigenvalue weighted by molar-refractivity contribution is 5.93. The normalized spacial score (nSPS) is 18.2. The summed E-state index contributed by atoms with van der Waals surface area (Å²) >= 11 is 0. The number of nitrogens with zero attached hydrogens (tertiary/aromatic N) is 5. The maximum atomic E-state index is 13.6. The van der Waals surface area contributed by atoms with Crippen LogP contribution in [0, 0.1) is 24.6 Å². The molecule has 1 aliphatic rings. The topological polar surface area (TPSA) is 115 Å². The molecule has 1 amide bonds. The number of amides is 1. The summed E-state index contributed by atoms with van der Waals surface area (Å²) in [6, 6.07) is 7.90. The van der Waals surface area contributed by atoms with Gasteiger partial charge in [0.25, 0.3) is 5.91 Å². The Hall–Kier alpha value is -3.40. The van der Waals surface area contributed by atoms with Gasteiger partial charge in [0.2, 0.25) is 5.82 Å². The van der Waals surface area contributed by atoms with Crippen molar-refractivity contribution < 1.29 is 19.0 Å². The van der Waals surface area contributed by atoms with E-state index in [1.807, 2.05) is 19.9 Å². The van der Waals surface area contributed by atoms with Crippen LogP contribution in [-0.4, -0.2) is 48.9 Å². The van der Waals surface area contributed by atoms with E-state index in [1.165, 1.54) is 13.2 Å². The molecule has 0 bridgehead atoms. The Morgan fingerprint density at radius 3 is 2.67 bits per heavy atom. The average molecular weight is 497 g/mol. The van der Waals surface area contributed by atoms with E-state index < -0.39 is 11.4 Å². The molecule has 3 aromatic rings. The zero-order valence-corrected chi connectivity index (χ0v) is 21.2. The van der Waals surface area contributed by atoms with Crippen LogP contribution in [0.15, 0.2) is 30.3 Å². The smallest absolute Gasteiger partial charge is 0.270 e. The van der Waals surface area contributed by atoms with Gasteiger partial charge in [-0.25, -0.2) is 9.37 Å². The molecular formula is C26H33FN6O3. The van der Waals surface area contributed by atoms with E-state index in [9.17, 15) is 14.3 Å². The first-order chi connectivity index (χ1) is 17.1. The van der Waals surface area contributed by atoms with E-state index in [4.69, 9.17) is 4.74 Å². The van der Waals surface area contributed by atoms with E-state index in [-0.39, 0.29) is 23.9 Å². The molecule has 4 rings (SSSR count). The molecular weight excluding hydrogens is 463 g/mol. The molecule has 192 valence electrons. The highest BCUT2D eigenvalue weighted by Gasteiger charge is 2.31. The summed E-state index contributed by atoms with van der Waals surface area (Å²) in [6.07, 6.45) is 4.01. The van der Waals surface area contributed by atoms with Crippen LogP contribution in [0.5, 0.6) is 5.75 Å². The van der Waals surface area contributed by atoms with Crippen molar-refractivity contribution in [2.24, 2.45) is 11.8 Å². The van der Waals surface area contributed by atoms with Gasteiger partial charge >= 0.3 is 0 Å². The minimum absolute atomic E-state index is 0.122. The zero-order valence-electron chi connectivity index (χ0n) is 21.2. The number of halogens is 1. The molecule has 0 unspecified atom stereocenters. The fourth-order valence-electron chi connectivity index (χ4n) is 4.72. The first-order valence-electron chi connectivity index (χ1n) is 12.2. The molecule has 1 aliphatic carbocycles. The number of aryl methyl sites for hydroxylation is 1. The fourth-order valence-corrected chi connectivity index (χ4v) is 4.72. The van der Waals surface area contributed by atoms with Gasteiger partial charge in [0.05, 0.1) is 19.3 Å². The predicted molar refractivity (Wildman–Crippen MR) is 132 cm³/mol. The number of carbonyl (C=O) groups is 1. The lowest BCUT2D eigenvalue weighted by Crippen LogP contribution is -2.34. The van der Waals surface area contributed by atoms with Crippen LogP contribution in [0.25, 0.3) is 11.4 Å². The van der Waals surface area contributed by atoms with Crippen LogP contribution >= 0.6 is 0 Å². The second-order valence-electron chi connectivity index (χ2n) is 10.1. The maximum absolute atomic E-state index is 13.6. The molecule has 1 aromatic carbocycles. The summed E-state index contributed by atoms with van der Waals surface area (Å²) in [7, 11) is 1.39. The largest absolute Gasteiger partial charge is 0.494 e. The van der Waals surface area contributed by atoms with Crippen LogP contribution in [-0.2, 0) is 13.1 Å². The highest BCUT2D eigenvalue weighted by atomic mass is 19.1. The van der Waals surface area contributed by atoms with Gasteiger partial charge in [-0.2, -0.15) is 4.80 Å². The number of tetrazole rings is 1. The second kappa shape index (κ2) is 10.7. The summed E-state index contributed by atoms with van der Waals surface area (Å²) < 4.78 is 18.6. The maximum Gasteiger partial charge on any atom is 0.270 e. The number of rotatable bonds is 8. The van der Waals surface area contributed by atoms with Gasteiger partial charge in [0, 0.05) is 17.8 Å². The van der Waals surface area contributed by atoms with Crippen LogP contribution < -0.4 is 10.1 Å². The van der Waals surface area contributed by atoms with Crippen molar-refractivity contribution >= 4 is 5.91 Å². The van der Waals surface area contributed by atoms with Crippen LogP contribution in [0.4, 0.5) is 4.39 Å². The number of aliphatic hydroxyl groups is 1. The summed E-state index contributed by atoms with van der Waals surface area (Å²) in [4.78, 5) is 18.7. The van der Waals surface area contributed by atoms with E-state index in [0.29, 0.717) is 41.0 Å². The lowest BCUT2D eigenvalue weighted by molar-refractivity contribution is -0.00739. The molecule has 2 heterocycles. The van der Waals surface area contributed by atoms with Gasteiger partial charge in [-0.3, -0.25) is 4.79 Å². The zero-order chi connectivity index (χ0) is 25.9. The molecule has 10 heteroatoms. The first kappa shape index (κ1) is 25.7. The third-order valence-electron chi connectivity index (χ3n) is 6.83. The Labute approximate surface area is 210 Å². The molecule has 0 radical (unpaired) electrons. The molecule has 0 saturated heterocycles. The van der Waals surface area contributed by atoms with E-state index in [1.54, 1.807) is 29.9 Å². The van der Waals surface area contributed by atoms with E-state index in [2.05, 4.69) is 25.7 Å².